The molecule has 1 aliphatic rings. The van der Waals surface area contributed by atoms with E-state index in [-0.39, 0.29) is 11.5 Å². The molecule has 0 bridgehead atoms. The van der Waals surface area contributed by atoms with Gasteiger partial charge >= 0.3 is 18.2 Å². The van der Waals surface area contributed by atoms with Crippen LogP contribution in [0.3, 0.4) is 0 Å². The molecular weight excluding hydrogens is 355 g/mol. The number of carbonyl (C=O) groups is 4. The summed E-state index contributed by atoms with van der Waals surface area (Å²) in [6.45, 7) is 2.67. The van der Waals surface area contributed by atoms with E-state index in [4.69, 9.17) is 21.0 Å². The highest BCUT2D eigenvalue weighted by Crippen LogP contribution is 2.20. The molecule has 0 spiro atoms. The lowest BCUT2D eigenvalue weighted by atomic mass is 10.1. The van der Waals surface area contributed by atoms with Crippen LogP contribution < -0.4 is 16.4 Å². The minimum atomic E-state index is -5.35. The molecule has 1 unspecified atom stereocenters. The van der Waals surface area contributed by atoms with Gasteiger partial charge in [-0.05, 0) is 6.42 Å². The van der Waals surface area contributed by atoms with Crippen molar-refractivity contribution < 1.29 is 42.3 Å². The zero-order valence-electron chi connectivity index (χ0n) is 13.0. The van der Waals surface area contributed by atoms with Crippen molar-refractivity contribution in [3.05, 3.63) is 0 Å². The zero-order chi connectivity index (χ0) is 19.9. The van der Waals surface area contributed by atoms with Gasteiger partial charge in [-0.2, -0.15) is 13.2 Å². The van der Waals surface area contributed by atoms with Gasteiger partial charge in [0, 0.05) is 6.92 Å². The number of hydroxylamine groups is 2. The third kappa shape index (κ3) is 6.92. The average Bonchev–Trinajstić information content (AvgIpc) is 2.71. The molecule has 0 aromatic rings. The van der Waals surface area contributed by atoms with Crippen molar-refractivity contribution in [1.29, 1.82) is 5.41 Å². The van der Waals surface area contributed by atoms with E-state index >= 15 is 0 Å². The van der Waals surface area contributed by atoms with E-state index in [0.29, 0.717) is 0 Å². The van der Waals surface area contributed by atoms with Crippen LogP contribution in [0.5, 0.6) is 0 Å². The molecule has 3 amide bonds. The number of hydrogen-bond acceptors (Lipinski definition) is 6. The largest absolute Gasteiger partial charge is 0.493 e. The second-order valence-electron chi connectivity index (χ2n) is 4.53. The summed E-state index contributed by atoms with van der Waals surface area (Å²) in [5.41, 5.74) is 5.09. The summed E-state index contributed by atoms with van der Waals surface area (Å²) in [5, 5.41) is 18.6. The molecule has 11 nitrogen and oxygen atoms in total. The number of urea groups is 1. The molecule has 142 valence electrons. The molecule has 1 rings (SSSR count). The van der Waals surface area contributed by atoms with E-state index in [2.05, 4.69) is 10.2 Å². The molecular formula is C11H16F3N5O6. The van der Waals surface area contributed by atoms with Crippen molar-refractivity contribution in [2.75, 3.05) is 0 Å². The maximum atomic E-state index is 12.0. The predicted octanol–water partition coefficient (Wildman–Crippen LogP) is -0.720. The van der Waals surface area contributed by atoms with Gasteiger partial charge in [0.05, 0.1) is 6.04 Å². The van der Waals surface area contributed by atoms with Gasteiger partial charge in [0.1, 0.15) is 6.04 Å². The smallest absolute Gasteiger partial charge is 0.481 e. The number of carboxylic acid groups (broad SMARTS) is 1. The van der Waals surface area contributed by atoms with Crippen LogP contribution in [-0.4, -0.2) is 58.3 Å². The molecule has 25 heavy (non-hydrogen) atoms. The lowest BCUT2D eigenvalue weighted by Gasteiger charge is -2.21. The molecule has 1 heterocycles. The molecule has 1 fully saturated rings. The normalized spacial score (nSPS) is 17.8. The number of imide groups is 1. The number of aliphatic carboxylic acids is 1. The first-order chi connectivity index (χ1) is 11.3. The molecule has 0 aromatic carbocycles. The molecule has 0 saturated carbocycles. The molecule has 2 atom stereocenters. The molecule has 14 heteroatoms. The fourth-order valence-electron chi connectivity index (χ4n) is 1.59. The lowest BCUT2D eigenvalue weighted by Crippen LogP contribution is -2.52. The Labute approximate surface area is 138 Å². The highest BCUT2D eigenvalue weighted by atomic mass is 19.4. The van der Waals surface area contributed by atoms with E-state index in [1.165, 1.54) is 0 Å². The van der Waals surface area contributed by atoms with Crippen molar-refractivity contribution in [3.63, 3.8) is 0 Å². The summed E-state index contributed by atoms with van der Waals surface area (Å²) < 4.78 is 36.1. The second kappa shape index (κ2) is 8.70. The molecule has 6 N–H and O–H groups in total. The van der Waals surface area contributed by atoms with Crippen LogP contribution >= 0.6 is 0 Å². The van der Waals surface area contributed by atoms with E-state index < -0.39 is 48.1 Å². The van der Waals surface area contributed by atoms with E-state index in [9.17, 15) is 27.6 Å². The number of nitrogens with two attached hydrogens (primary N) is 1. The van der Waals surface area contributed by atoms with Crippen LogP contribution in [0.15, 0.2) is 0 Å². The van der Waals surface area contributed by atoms with E-state index in [0.717, 1.165) is 6.92 Å². The Morgan fingerprint density at radius 1 is 1.48 bits per heavy atom. The lowest BCUT2D eigenvalue weighted by molar-refractivity contribution is -0.226. The van der Waals surface area contributed by atoms with E-state index in [1.54, 1.807) is 6.92 Å². The summed E-state index contributed by atoms with van der Waals surface area (Å²) in [7, 11) is 0. The maximum absolute atomic E-state index is 12.0. The number of carbonyl (C=O) groups excluding carboxylic acids is 3. The minimum absolute atomic E-state index is 0.220. The van der Waals surface area contributed by atoms with Crippen molar-refractivity contribution in [2.45, 2.75) is 38.5 Å². The zero-order valence-corrected chi connectivity index (χ0v) is 13.0. The Kier molecular flexibility index (Phi) is 7.63. The van der Waals surface area contributed by atoms with Crippen LogP contribution in [0.4, 0.5) is 18.0 Å². The van der Waals surface area contributed by atoms with Gasteiger partial charge in [-0.1, -0.05) is 12.0 Å². The number of nitrogens with one attached hydrogen (secondary N) is 3. The Bertz CT molecular complexity index is 563. The number of alkyl halides is 3. The molecule has 0 radical (unpaired) electrons. The number of carboxylic acids is 1. The highest BCUT2D eigenvalue weighted by molar-refractivity contribution is 6.04. The molecule has 0 aliphatic carbocycles. The Hall–Kier alpha value is -3.06. The monoisotopic (exact) mass is 371 g/mol. The standard InChI is InChI=1S/C9H12F3N5O4.C2H4O2/c1-2-3(15-7(13)14)4-5(18)17(8(20)16-4)21-6(19)9(10,11)12;1-2(3)4/h3-4H,2H2,1H3,(H,16,20)(H4,13,14,15);1H3,(H,3,4)/t3-,4?;/m0./s1. The maximum Gasteiger partial charge on any atom is 0.493 e. The average molecular weight is 371 g/mol. The SMILES string of the molecule is CC(=O)O.CC[C@H](NC(=N)N)C1NC(=O)N(OC(=O)C(F)(F)F)C1=O. The second-order valence-corrected chi connectivity index (χ2v) is 4.53. The molecule has 0 aromatic heterocycles. The van der Waals surface area contributed by atoms with Gasteiger partial charge in [0.25, 0.3) is 11.9 Å². The van der Waals surface area contributed by atoms with Gasteiger partial charge in [0.2, 0.25) is 0 Å². The van der Waals surface area contributed by atoms with Gasteiger partial charge in [-0.15, -0.1) is 0 Å². The first-order valence-electron chi connectivity index (χ1n) is 6.54. The Balaban J connectivity index is 0.00000129. The number of rotatable bonds is 4. The van der Waals surface area contributed by atoms with Crippen LogP contribution in [-0.2, 0) is 19.2 Å². The van der Waals surface area contributed by atoms with Crippen LogP contribution in [0.1, 0.15) is 20.3 Å². The fourth-order valence-corrected chi connectivity index (χ4v) is 1.59. The van der Waals surface area contributed by atoms with Gasteiger partial charge in [-0.25, -0.2) is 9.59 Å². The Morgan fingerprint density at radius 2 is 1.96 bits per heavy atom. The first-order valence-corrected chi connectivity index (χ1v) is 6.54. The predicted molar refractivity (Wildman–Crippen MR) is 73.8 cm³/mol. The first kappa shape index (κ1) is 21.9. The number of nitrogens with zero attached hydrogens (tertiary/aromatic N) is 1. The van der Waals surface area contributed by atoms with Crippen LogP contribution in [0, 0.1) is 5.41 Å². The summed E-state index contributed by atoms with van der Waals surface area (Å²) in [4.78, 5) is 46.6. The summed E-state index contributed by atoms with van der Waals surface area (Å²) in [6, 6.07) is -3.47. The van der Waals surface area contributed by atoms with Crippen molar-refractivity contribution >= 4 is 29.8 Å². The Morgan fingerprint density at radius 3 is 2.32 bits per heavy atom. The minimum Gasteiger partial charge on any atom is -0.481 e. The van der Waals surface area contributed by atoms with Gasteiger partial charge < -0.3 is 26.3 Å². The van der Waals surface area contributed by atoms with Crippen molar-refractivity contribution in [1.82, 2.24) is 15.7 Å². The van der Waals surface area contributed by atoms with Crippen LogP contribution in [0.25, 0.3) is 0 Å². The summed E-state index contributed by atoms with van der Waals surface area (Å²) >= 11 is 0. The van der Waals surface area contributed by atoms with Gasteiger partial charge in [-0.3, -0.25) is 15.0 Å². The number of amides is 3. The van der Waals surface area contributed by atoms with Crippen molar-refractivity contribution in [2.24, 2.45) is 5.73 Å². The fraction of sp³-hybridized carbons (Fsp3) is 0.545. The quantitative estimate of drug-likeness (QED) is 0.244. The number of guanidine groups is 1. The van der Waals surface area contributed by atoms with Crippen molar-refractivity contribution in [3.8, 4) is 0 Å². The number of halogens is 3. The summed E-state index contributed by atoms with van der Waals surface area (Å²) in [6.07, 6.45) is -5.13. The third-order valence-electron chi connectivity index (χ3n) is 2.52. The van der Waals surface area contributed by atoms with E-state index in [1.807, 2.05) is 5.32 Å². The van der Waals surface area contributed by atoms with Crippen LogP contribution in [0.2, 0.25) is 0 Å². The van der Waals surface area contributed by atoms with Gasteiger partial charge in [0.15, 0.2) is 5.96 Å². The third-order valence-corrected chi connectivity index (χ3v) is 2.52. The summed E-state index contributed by atoms with van der Waals surface area (Å²) in [5.74, 6) is -5.22. The molecule has 1 aliphatic heterocycles. The topological polar surface area (TPSA) is 175 Å². The highest BCUT2D eigenvalue weighted by Gasteiger charge is 2.49. The molecule has 1 saturated heterocycles. The number of hydrogen-bond donors (Lipinski definition) is 5.